The maximum Gasteiger partial charge on any atom is 0.163 e. The predicted molar refractivity (Wildman–Crippen MR) is 76.7 cm³/mol. The smallest absolute Gasteiger partial charge is 0.163 e. The molecule has 0 saturated carbocycles. The van der Waals surface area contributed by atoms with Crippen LogP contribution in [0, 0.1) is 0 Å². The van der Waals surface area contributed by atoms with Crippen molar-refractivity contribution in [1.29, 1.82) is 0 Å². The number of fused-ring (bicyclic) bond motifs is 1. The molecule has 0 amide bonds. The molecule has 0 N–H and O–H groups in total. The number of carbonyl (C=O) groups is 1. The first kappa shape index (κ1) is 12.6. The summed E-state index contributed by atoms with van der Waals surface area (Å²) in [5.41, 5.74) is 4.47. The van der Waals surface area contributed by atoms with Crippen LogP contribution in [0.25, 0.3) is 5.57 Å². The molecule has 1 aliphatic carbocycles. The first-order valence-electron chi connectivity index (χ1n) is 6.42. The highest BCUT2D eigenvalue weighted by atomic mass is 16.1. The molecular formula is C17H18O. The summed E-state index contributed by atoms with van der Waals surface area (Å²) in [6.07, 6.45) is 10.5. The second-order valence-electron chi connectivity index (χ2n) is 4.46. The lowest BCUT2D eigenvalue weighted by Gasteiger charge is -2.05. The predicted octanol–water partition coefficient (Wildman–Crippen LogP) is 4.35. The minimum absolute atomic E-state index is 0.277. The van der Waals surface area contributed by atoms with Gasteiger partial charge in [0.2, 0.25) is 0 Å². The van der Waals surface area contributed by atoms with Gasteiger partial charge in [-0.3, -0.25) is 4.79 Å². The summed E-state index contributed by atoms with van der Waals surface area (Å²) in [6.45, 7) is 5.82. The van der Waals surface area contributed by atoms with Gasteiger partial charge in [-0.1, -0.05) is 56.0 Å². The van der Waals surface area contributed by atoms with Gasteiger partial charge < -0.3 is 0 Å². The molecule has 18 heavy (non-hydrogen) atoms. The van der Waals surface area contributed by atoms with E-state index in [0.717, 1.165) is 18.4 Å². The van der Waals surface area contributed by atoms with E-state index in [1.54, 1.807) is 6.08 Å². The summed E-state index contributed by atoms with van der Waals surface area (Å²) >= 11 is 0. The van der Waals surface area contributed by atoms with E-state index in [4.69, 9.17) is 0 Å². The number of hydrogen-bond donors (Lipinski definition) is 0. The first-order valence-corrected chi connectivity index (χ1v) is 6.42. The van der Waals surface area contributed by atoms with Gasteiger partial charge in [0.1, 0.15) is 0 Å². The van der Waals surface area contributed by atoms with Gasteiger partial charge in [-0.15, -0.1) is 0 Å². The lowest BCUT2D eigenvalue weighted by atomic mass is 9.99. The average Bonchev–Trinajstić information content (AvgIpc) is 2.76. The van der Waals surface area contributed by atoms with Crippen molar-refractivity contribution in [3.05, 3.63) is 65.8 Å². The van der Waals surface area contributed by atoms with E-state index in [0.29, 0.717) is 6.42 Å². The number of carbonyl (C=O) groups excluding carboxylic acids is 1. The molecule has 1 nitrogen and oxygen atoms in total. The Balaban J connectivity index is 2.38. The fourth-order valence-electron chi connectivity index (χ4n) is 2.31. The van der Waals surface area contributed by atoms with Crippen LogP contribution < -0.4 is 0 Å². The van der Waals surface area contributed by atoms with Crippen LogP contribution in [0.4, 0.5) is 0 Å². The van der Waals surface area contributed by atoms with Crippen molar-refractivity contribution < 1.29 is 4.79 Å². The van der Waals surface area contributed by atoms with Gasteiger partial charge in [0.05, 0.1) is 0 Å². The van der Waals surface area contributed by atoms with Crippen LogP contribution >= 0.6 is 0 Å². The van der Waals surface area contributed by atoms with E-state index in [-0.39, 0.29) is 5.78 Å². The van der Waals surface area contributed by atoms with Gasteiger partial charge in [-0.05, 0) is 29.5 Å². The number of hydrogen-bond acceptors (Lipinski definition) is 1. The van der Waals surface area contributed by atoms with E-state index in [9.17, 15) is 4.79 Å². The second-order valence-corrected chi connectivity index (χ2v) is 4.46. The van der Waals surface area contributed by atoms with Gasteiger partial charge in [0, 0.05) is 12.0 Å². The zero-order chi connectivity index (χ0) is 13.0. The fraction of sp³-hybridized carbons (Fsp3) is 0.235. The number of aryl methyl sites for hydroxylation is 1. The quantitative estimate of drug-likeness (QED) is 0.713. The van der Waals surface area contributed by atoms with Crippen molar-refractivity contribution in [2.45, 2.75) is 26.2 Å². The van der Waals surface area contributed by atoms with E-state index < -0.39 is 0 Å². The molecule has 0 atom stereocenters. The van der Waals surface area contributed by atoms with E-state index in [1.807, 2.05) is 18.2 Å². The molecule has 1 aliphatic rings. The summed E-state index contributed by atoms with van der Waals surface area (Å²) < 4.78 is 0. The van der Waals surface area contributed by atoms with E-state index >= 15 is 0 Å². The lowest BCUT2D eigenvalue weighted by Crippen LogP contribution is -1.92. The zero-order valence-electron chi connectivity index (χ0n) is 10.8. The maximum atomic E-state index is 11.6. The average molecular weight is 238 g/mol. The standard InChI is InChI=1S/C17H18O/c1-3-5-7-13(6-4-2)14-8-10-16-15(12-14)9-11-17(16)18/h3,5-8,10,12H,1,4,9,11H2,2H3/b7-5-,13-6+. The molecular weight excluding hydrogens is 220 g/mol. The largest absolute Gasteiger partial charge is 0.294 e. The van der Waals surface area contributed by atoms with Crippen molar-refractivity contribution in [2.75, 3.05) is 0 Å². The topological polar surface area (TPSA) is 17.1 Å². The molecule has 0 heterocycles. The van der Waals surface area contributed by atoms with Gasteiger partial charge in [0.15, 0.2) is 5.78 Å². The minimum Gasteiger partial charge on any atom is -0.294 e. The van der Waals surface area contributed by atoms with Gasteiger partial charge in [0.25, 0.3) is 0 Å². The minimum atomic E-state index is 0.277. The van der Waals surface area contributed by atoms with Crippen LogP contribution in [0.5, 0.6) is 0 Å². The van der Waals surface area contributed by atoms with Crippen LogP contribution in [-0.2, 0) is 6.42 Å². The van der Waals surface area contributed by atoms with Crippen LogP contribution in [0.2, 0.25) is 0 Å². The summed E-state index contributed by atoms with van der Waals surface area (Å²) in [7, 11) is 0. The summed E-state index contributed by atoms with van der Waals surface area (Å²) in [6, 6.07) is 6.15. The van der Waals surface area contributed by atoms with Crippen LogP contribution in [-0.4, -0.2) is 5.78 Å². The molecule has 0 saturated heterocycles. The Kier molecular flexibility index (Phi) is 3.93. The van der Waals surface area contributed by atoms with Crippen molar-refractivity contribution >= 4 is 11.4 Å². The number of allylic oxidation sites excluding steroid dienone is 5. The molecule has 92 valence electrons. The molecule has 1 aromatic carbocycles. The Morgan fingerprint density at radius 2 is 2.22 bits per heavy atom. The molecule has 2 rings (SSSR count). The highest BCUT2D eigenvalue weighted by Gasteiger charge is 2.19. The molecule has 0 aromatic heterocycles. The van der Waals surface area contributed by atoms with Crippen molar-refractivity contribution in [2.24, 2.45) is 0 Å². The monoisotopic (exact) mass is 238 g/mol. The molecule has 0 radical (unpaired) electrons. The Labute approximate surface area is 109 Å². The first-order chi connectivity index (χ1) is 8.76. The third-order valence-corrected chi connectivity index (χ3v) is 3.20. The fourth-order valence-corrected chi connectivity index (χ4v) is 2.31. The number of benzene rings is 1. The molecule has 0 unspecified atom stereocenters. The normalized spacial score (nSPS) is 15.2. The van der Waals surface area contributed by atoms with Crippen molar-refractivity contribution in [1.82, 2.24) is 0 Å². The van der Waals surface area contributed by atoms with E-state index in [2.05, 4.69) is 31.7 Å². The third-order valence-electron chi connectivity index (χ3n) is 3.20. The van der Waals surface area contributed by atoms with Gasteiger partial charge >= 0.3 is 0 Å². The molecule has 0 spiro atoms. The van der Waals surface area contributed by atoms with Crippen LogP contribution in [0.15, 0.2) is 49.1 Å². The molecule has 0 bridgehead atoms. The SMILES string of the molecule is C=C/C=C\C(=C/CC)c1ccc2c(c1)CCC2=O. The summed E-state index contributed by atoms with van der Waals surface area (Å²) in [5.74, 6) is 0.277. The molecule has 0 aliphatic heterocycles. The summed E-state index contributed by atoms with van der Waals surface area (Å²) in [5, 5.41) is 0. The highest BCUT2D eigenvalue weighted by Crippen LogP contribution is 2.26. The number of Topliss-reactive ketones (excluding diaryl/α,β-unsaturated/α-hetero) is 1. The molecule has 1 aromatic rings. The second kappa shape index (κ2) is 5.63. The third kappa shape index (κ3) is 2.51. The van der Waals surface area contributed by atoms with E-state index in [1.165, 1.54) is 16.7 Å². The Bertz CT molecular complexity index is 533. The Hall–Kier alpha value is -1.89. The summed E-state index contributed by atoms with van der Waals surface area (Å²) in [4.78, 5) is 11.6. The van der Waals surface area contributed by atoms with Crippen LogP contribution in [0.3, 0.4) is 0 Å². The highest BCUT2D eigenvalue weighted by molar-refractivity contribution is 6.00. The van der Waals surface area contributed by atoms with Gasteiger partial charge in [-0.2, -0.15) is 0 Å². The number of rotatable bonds is 4. The molecule has 0 fully saturated rings. The van der Waals surface area contributed by atoms with Crippen molar-refractivity contribution in [3.63, 3.8) is 0 Å². The molecule has 1 heteroatoms. The van der Waals surface area contributed by atoms with Crippen molar-refractivity contribution in [3.8, 4) is 0 Å². The Morgan fingerprint density at radius 3 is 2.94 bits per heavy atom. The number of ketones is 1. The Morgan fingerprint density at radius 1 is 1.39 bits per heavy atom. The maximum absolute atomic E-state index is 11.6. The van der Waals surface area contributed by atoms with Crippen LogP contribution in [0.1, 0.15) is 41.3 Å². The lowest BCUT2D eigenvalue weighted by molar-refractivity contribution is 0.0994. The zero-order valence-corrected chi connectivity index (χ0v) is 10.8. The van der Waals surface area contributed by atoms with Gasteiger partial charge in [-0.25, -0.2) is 0 Å².